The van der Waals surface area contributed by atoms with Gasteiger partial charge in [0.15, 0.2) is 5.65 Å². The number of carboxylic acid groups (broad SMARTS) is 1. The Kier molecular flexibility index (Phi) is 6.99. The first-order chi connectivity index (χ1) is 12.9. The number of pyridine rings is 1. The summed E-state index contributed by atoms with van der Waals surface area (Å²) in [5, 5.41) is 23.3. The van der Waals surface area contributed by atoms with Crippen molar-refractivity contribution in [3.63, 3.8) is 0 Å². The van der Waals surface area contributed by atoms with Crippen molar-refractivity contribution in [2.45, 2.75) is 32.6 Å². The van der Waals surface area contributed by atoms with Crippen molar-refractivity contribution in [1.29, 1.82) is 0 Å². The highest BCUT2D eigenvalue weighted by molar-refractivity contribution is 6.31. The summed E-state index contributed by atoms with van der Waals surface area (Å²) in [5.74, 6) is -1.01. The number of rotatable bonds is 6. The third-order valence-corrected chi connectivity index (χ3v) is 4.62. The highest BCUT2D eigenvalue weighted by Gasteiger charge is 2.18. The van der Waals surface area contributed by atoms with Gasteiger partial charge in [0.1, 0.15) is 21.8 Å². The molecule has 0 fully saturated rings. The summed E-state index contributed by atoms with van der Waals surface area (Å²) in [7, 11) is 0. The molecule has 0 aliphatic heterocycles. The Morgan fingerprint density at radius 3 is 2.46 bits per heavy atom. The summed E-state index contributed by atoms with van der Waals surface area (Å²) < 4.78 is 1.47. The number of aromatic nitrogens is 3. The van der Waals surface area contributed by atoms with E-state index in [4.69, 9.17) is 16.7 Å². The maximum atomic E-state index is 12.8. The average Bonchev–Trinajstić information content (AvgIpc) is 3.02. The van der Waals surface area contributed by atoms with E-state index in [0.717, 1.165) is 5.56 Å². The molecular weight excluding hydrogens is 405 g/mol. The number of hydrogen-bond donors (Lipinski definition) is 2. The molecule has 148 valence electrons. The van der Waals surface area contributed by atoms with Crippen LogP contribution in [-0.2, 0) is 17.6 Å². The Morgan fingerprint density at radius 2 is 1.82 bits per heavy atom. The minimum absolute atomic E-state index is 0. The molecule has 0 atom stereocenters. The second kappa shape index (κ2) is 9.03. The number of halogens is 2. The normalized spacial score (nSPS) is 11.9. The Balaban J connectivity index is 0.00000280. The van der Waals surface area contributed by atoms with Gasteiger partial charge >= 0.3 is 5.97 Å². The molecule has 2 N–H and O–H groups in total. The van der Waals surface area contributed by atoms with E-state index in [2.05, 4.69) is 10.1 Å². The zero-order chi connectivity index (χ0) is 19.6. The first kappa shape index (κ1) is 21.7. The summed E-state index contributed by atoms with van der Waals surface area (Å²) >= 11 is 6.32. The van der Waals surface area contributed by atoms with Gasteiger partial charge in [-0.15, -0.1) is 12.4 Å². The van der Waals surface area contributed by atoms with Crippen LogP contribution in [0.5, 0.6) is 0 Å². The van der Waals surface area contributed by atoms with Gasteiger partial charge in [-0.25, -0.2) is 9.50 Å². The van der Waals surface area contributed by atoms with Gasteiger partial charge < -0.3 is 10.2 Å². The predicted octanol–water partition coefficient (Wildman–Crippen LogP) is 2.51. The van der Waals surface area contributed by atoms with Crippen molar-refractivity contribution >= 4 is 41.4 Å². The average molecular weight is 424 g/mol. The zero-order valence-electron chi connectivity index (χ0n) is 15.1. The van der Waals surface area contributed by atoms with Crippen molar-refractivity contribution in [2.24, 2.45) is 0 Å². The minimum atomic E-state index is -1.08. The number of aliphatic hydroxyl groups excluding tert-OH is 1. The summed E-state index contributed by atoms with van der Waals surface area (Å²) in [6, 6.07) is 9.76. The smallest absolute Gasteiger partial charge is 0.303 e. The fourth-order valence-corrected chi connectivity index (χ4v) is 3.20. The fourth-order valence-electron chi connectivity index (χ4n) is 2.93. The van der Waals surface area contributed by atoms with Gasteiger partial charge in [0.2, 0.25) is 5.43 Å². The van der Waals surface area contributed by atoms with Crippen LogP contribution in [0.25, 0.3) is 11.4 Å². The van der Waals surface area contributed by atoms with Gasteiger partial charge in [0.25, 0.3) is 0 Å². The second-order valence-corrected chi connectivity index (χ2v) is 6.56. The highest BCUT2D eigenvalue weighted by Crippen LogP contribution is 2.15. The Labute approximate surface area is 171 Å². The van der Waals surface area contributed by atoms with Crippen LogP contribution in [0.4, 0.5) is 0 Å². The number of fused-ring (bicyclic) bond motifs is 1. The number of carboxylic acids is 1. The Morgan fingerprint density at radius 1 is 1.14 bits per heavy atom. The minimum Gasteiger partial charge on any atom is -0.511 e. The summed E-state index contributed by atoms with van der Waals surface area (Å²) in [5.41, 5.74) is 1.22. The molecule has 9 heteroatoms. The molecule has 2 heterocycles. The van der Waals surface area contributed by atoms with E-state index < -0.39 is 11.4 Å². The molecule has 0 spiro atoms. The number of aliphatic carboxylic acids is 1. The zero-order valence-corrected chi connectivity index (χ0v) is 16.6. The van der Waals surface area contributed by atoms with Crippen LogP contribution in [0, 0.1) is 6.92 Å². The lowest BCUT2D eigenvalue weighted by atomic mass is 10.1. The molecule has 0 bridgehead atoms. The lowest BCUT2D eigenvalue weighted by molar-refractivity contribution is -0.136. The van der Waals surface area contributed by atoms with Gasteiger partial charge in [-0.3, -0.25) is 9.59 Å². The number of aryl methyl sites for hydroxylation is 3. The van der Waals surface area contributed by atoms with Gasteiger partial charge in [0, 0.05) is 6.42 Å². The molecular formula is C19H19Cl2N3O4. The SMILES string of the molecule is Cc1nc2c(=C(O)CCC(=O)O)c(=O)c(Cl)c(CCc3ccccc3)n2n1.Cl. The monoisotopic (exact) mass is 423 g/mol. The maximum Gasteiger partial charge on any atom is 0.303 e. The van der Waals surface area contributed by atoms with E-state index in [1.807, 2.05) is 30.3 Å². The number of aliphatic hydroxyl groups is 1. The van der Waals surface area contributed by atoms with Crippen LogP contribution >= 0.6 is 24.0 Å². The van der Waals surface area contributed by atoms with Crippen LogP contribution in [0.15, 0.2) is 35.1 Å². The van der Waals surface area contributed by atoms with E-state index in [1.165, 1.54) is 4.52 Å². The van der Waals surface area contributed by atoms with E-state index in [1.54, 1.807) is 6.92 Å². The van der Waals surface area contributed by atoms with Crippen molar-refractivity contribution in [1.82, 2.24) is 14.6 Å². The molecule has 28 heavy (non-hydrogen) atoms. The third-order valence-electron chi connectivity index (χ3n) is 4.23. The van der Waals surface area contributed by atoms with Crippen molar-refractivity contribution in [3.8, 4) is 0 Å². The Hall–Kier alpha value is -2.64. The van der Waals surface area contributed by atoms with Gasteiger partial charge in [-0.2, -0.15) is 5.10 Å². The first-order valence-electron chi connectivity index (χ1n) is 8.44. The molecule has 0 unspecified atom stereocenters. The summed E-state index contributed by atoms with van der Waals surface area (Å²) in [6.07, 6.45) is 0.624. The van der Waals surface area contributed by atoms with Crippen LogP contribution in [0.1, 0.15) is 29.9 Å². The first-order valence-corrected chi connectivity index (χ1v) is 8.82. The molecule has 0 aliphatic carbocycles. The van der Waals surface area contributed by atoms with E-state index >= 15 is 0 Å². The lowest BCUT2D eigenvalue weighted by Crippen LogP contribution is -2.32. The maximum absolute atomic E-state index is 12.8. The molecule has 0 saturated heterocycles. The standard InChI is InChI=1S/C19H18ClN3O4.ClH/c1-11-21-19-16(14(24)9-10-15(25)26)18(27)17(20)13(23(19)22-11)8-7-12-5-3-2-4-6-12;/h2-6,24H,7-10H2,1H3,(H,25,26);1H. The number of carbonyl (C=O) groups is 1. The molecule has 3 rings (SSSR count). The van der Waals surface area contributed by atoms with Crippen molar-refractivity contribution in [2.75, 3.05) is 0 Å². The van der Waals surface area contributed by atoms with Crippen LogP contribution in [0.2, 0.25) is 5.02 Å². The van der Waals surface area contributed by atoms with Gasteiger partial charge in [-0.05, 0) is 25.3 Å². The van der Waals surface area contributed by atoms with Gasteiger partial charge in [-0.1, -0.05) is 41.9 Å². The molecule has 0 amide bonds. The van der Waals surface area contributed by atoms with Crippen molar-refractivity contribution < 1.29 is 15.0 Å². The Bertz CT molecular complexity index is 1110. The molecule has 3 aromatic rings. The third kappa shape index (κ3) is 4.43. The topological polar surface area (TPSA) is 105 Å². The number of benzene rings is 1. The predicted molar refractivity (Wildman–Crippen MR) is 108 cm³/mol. The highest BCUT2D eigenvalue weighted by atomic mass is 35.5. The van der Waals surface area contributed by atoms with Crippen LogP contribution < -0.4 is 10.6 Å². The van der Waals surface area contributed by atoms with Crippen molar-refractivity contribution in [3.05, 3.63) is 67.9 Å². The largest absolute Gasteiger partial charge is 0.511 e. The molecule has 1 aromatic carbocycles. The van der Waals surface area contributed by atoms with E-state index in [-0.39, 0.29) is 46.9 Å². The summed E-state index contributed by atoms with van der Waals surface area (Å²) in [4.78, 5) is 27.8. The van der Waals surface area contributed by atoms with E-state index in [9.17, 15) is 14.7 Å². The van der Waals surface area contributed by atoms with Gasteiger partial charge in [0.05, 0.1) is 12.1 Å². The quantitative estimate of drug-likeness (QED) is 0.630. The fraction of sp³-hybridized carbons (Fsp3) is 0.263. The second-order valence-electron chi connectivity index (χ2n) is 6.19. The molecule has 7 nitrogen and oxygen atoms in total. The molecule has 0 saturated carbocycles. The van der Waals surface area contributed by atoms with Crippen LogP contribution in [0.3, 0.4) is 0 Å². The number of nitrogens with zero attached hydrogens (tertiary/aromatic N) is 3. The lowest BCUT2D eigenvalue weighted by Gasteiger charge is -2.08. The molecule has 0 radical (unpaired) electrons. The van der Waals surface area contributed by atoms with E-state index in [0.29, 0.717) is 24.4 Å². The van der Waals surface area contributed by atoms with Crippen LogP contribution in [-0.4, -0.2) is 30.8 Å². The summed E-state index contributed by atoms with van der Waals surface area (Å²) in [6.45, 7) is 1.67. The molecule has 0 aliphatic rings. The molecule has 2 aromatic heterocycles. The number of hydrogen-bond acceptors (Lipinski definition) is 5.